The van der Waals surface area contributed by atoms with Gasteiger partial charge in [0.1, 0.15) is 0 Å². The molecule has 0 amide bonds. The van der Waals surface area contributed by atoms with E-state index in [2.05, 4.69) is 9.97 Å². The number of hydrogen-bond acceptors (Lipinski definition) is 8. The normalized spacial score (nSPS) is 10.9. The molecule has 0 radical (unpaired) electrons. The number of H-pyrrole nitrogens is 2. The molecule has 2 aromatic heterocycles. The second-order valence-corrected chi connectivity index (χ2v) is 7.76. The molecule has 0 aliphatic rings. The Morgan fingerprint density at radius 3 is 1.24 bits per heavy atom. The predicted octanol–water partition coefficient (Wildman–Crippen LogP) is 2.69. The van der Waals surface area contributed by atoms with Crippen LogP contribution < -0.4 is 0 Å². The highest BCUT2D eigenvalue weighted by molar-refractivity contribution is 6.05. The van der Waals surface area contributed by atoms with Crippen molar-refractivity contribution in [2.45, 2.75) is 41.5 Å². The number of carbonyl (C=O) groups excluding carboxylic acids is 6. The third kappa shape index (κ3) is 5.83. The quantitative estimate of drug-likeness (QED) is 0.305. The molecule has 0 aliphatic carbocycles. The van der Waals surface area contributed by atoms with E-state index in [1.165, 1.54) is 13.8 Å². The highest BCUT2D eigenvalue weighted by atomic mass is 16.5. The van der Waals surface area contributed by atoms with Crippen LogP contribution in [0.1, 0.15) is 78.1 Å². The molecule has 0 spiro atoms. The van der Waals surface area contributed by atoms with Gasteiger partial charge < -0.3 is 19.4 Å². The van der Waals surface area contributed by atoms with Gasteiger partial charge in [-0.3, -0.25) is 19.2 Å². The number of hydrogen-bond donors (Lipinski definition) is 2. The second kappa shape index (κ2) is 10.7. The topological polar surface area (TPSA) is 152 Å². The fourth-order valence-corrected chi connectivity index (χ4v) is 3.76. The fraction of sp³-hybridized carbons (Fsp3) is 0.333. The average molecular weight is 470 g/mol. The maximum atomic E-state index is 12.3. The molecule has 34 heavy (non-hydrogen) atoms. The van der Waals surface area contributed by atoms with E-state index in [9.17, 15) is 28.8 Å². The summed E-state index contributed by atoms with van der Waals surface area (Å²) < 4.78 is 9.66. The minimum absolute atomic E-state index is 0.167. The third-order valence-electron chi connectivity index (χ3n) is 5.18. The standard InChI is InChI=1S/C24H26N2O8/c1-11-21(15(5)27)13(3)25-23(11)17(29)9-33-19(31)7-8-20(32)34-10-18(30)24-12(2)22(16(6)28)14(4)26-24/h7-8,25-26H,9-10H2,1-6H3/b8-7+. The van der Waals surface area contributed by atoms with Crippen molar-refractivity contribution >= 4 is 35.1 Å². The number of esters is 2. The Morgan fingerprint density at radius 2 is 0.971 bits per heavy atom. The van der Waals surface area contributed by atoms with Crippen LogP contribution in [0.15, 0.2) is 12.2 Å². The number of aromatic amines is 2. The van der Waals surface area contributed by atoms with E-state index < -0.39 is 36.7 Å². The molecule has 0 atom stereocenters. The Kier molecular flexibility index (Phi) is 8.23. The van der Waals surface area contributed by atoms with E-state index >= 15 is 0 Å². The first kappa shape index (κ1) is 26.2. The summed E-state index contributed by atoms with van der Waals surface area (Å²) in [6.45, 7) is 8.12. The lowest BCUT2D eigenvalue weighted by Gasteiger charge is -2.03. The van der Waals surface area contributed by atoms with Crippen LogP contribution in [0, 0.1) is 27.7 Å². The summed E-state index contributed by atoms with van der Waals surface area (Å²) in [5.74, 6) is -3.39. The number of rotatable bonds is 10. The number of ether oxygens (including phenoxy) is 2. The van der Waals surface area contributed by atoms with Crippen LogP contribution in [0.25, 0.3) is 0 Å². The van der Waals surface area contributed by atoms with E-state index in [4.69, 9.17) is 9.47 Å². The Bertz CT molecular complexity index is 1130. The molecular weight excluding hydrogens is 444 g/mol. The molecule has 0 unspecified atom stereocenters. The molecule has 10 heteroatoms. The maximum absolute atomic E-state index is 12.3. The van der Waals surface area contributed by atoms with Crippen molar-refractivity contribution in [3.8, 4) is 0 Å². The third-order valence-corrected chi connectivity index (χ3v) is 5.18. The summed E-state index contributed by atoms with van der Waals surface area (Å²) in [5.41, 5.74) is 3.18. The van der Waals surface area contributed by atoms with Crippen molar-refractivity contribution in [3.63, 3.8) is 0 Å². The Balaban J connectivity index is 1.88. The lowest BCUT2D eigenvalue weighted by atomic mass is 10.1. The first-order valence-electron chi connectivity index (χ1n) is 10.3. The first-order valence-corrected chi connectivity index (χ1v) is 10.3. The smallest absolute Gasteiger partial charge is 0.331 e. The van der Waals surface area contributed by atoms with Crippen molar-refractivity contribution in [3.05, 3.63) is 57.2 Å². The Morgan fingerprint density at radius 1 is 0.647 bits per heavy atom. The molecule has 0 bridgehead atoms. The van der Waals surface area contributed by atoms with Gasteiger partial charge in [-0.15, -0.1) is 0 Å². The molecule has 0 saturated heterocycles. The van der Waals surface area contributed by atoms with E-state index in [0.29, 0.717) is 33.6 Å². The monoisotopic (exact) mass is 470 g/mol. The van der Waals surface area contributed by atoms with Crippen LogP contribution in [-0.4, -0.2) is 58.3 Å². The largest absolute Gasteiger partial charge is 0.454 e. The molecule has 0 saturated carbocycles. The molecule has 2 N–H and O–H groups in total. The van der Waals surface area contributed by atoms with Gasteiger partial charge >= 0.3 is 11.9 Å². The molecule has 180 valence electrons. The summed E-state index contributed by atoms with van der Waals surface area (Å²) in [6, 6.07) is 0. The van der Waals surface area contributed by atoms with Crippen molar-refractivity contribution < 1.29 is 38.2 Å². The summed E-state index contributed by atoms with van der Waals surface area (Å²) in [5, 5.41) is 0. The number of aromatic nitrogens is 2. The zero-order valence-electron chi connectivity index (χ0n) is 19.8. The number of aryl methyl sites for hydroxylation is 2. The van der Waals surface area contributed by atoms with Crippen molar-refractivity contribution in [2.24, 2.45) is 0 Å². The summed E-state index contributed by atoms with van der Waals surface area (Å²) >= 11 is 0. The van der Waals surface area contributed by atoms with Crippen LogP contribution in [-0.2, 0) is 19.1 Å². The van der Waals surface area contributed by atoms with E-state index in [1.807, 2.05) is 0 Å². The Labute approximate surface area is 195 Å². The van der Waals surface area contributed by atoms with Crippen molar-refractivity contribution in [1.29, 1.82) is 0 Å². The van der Waals surface area contributed by atoms with Crippen LogP contribution in [0.2, 0.25) is 0 Å². The Hall–Kier alpha value is -4.08. The van der Waals surface area contributed by atoms with Crippen molar-refractivity contribution in [1.82, 2.24) is 9.97 Å². The van der Waals surface area contributed by atoms with Crippen molar-refractivity contribution in [2.75, 3.05) is 13.2 Å². The lowest BCUT2D eigenvalue weighted by molar-refractivity contribution is -0.139. The molecule has 2 rings (SSSR count). The molecule has 10 nitrogen and oxygen atoms in total. The lowest BCUT2D eigenvalue weighted by Crippen LogP contribution is -2.16. The highest BCUT2D eigenvalue weighted by Crippen LogP contribution is 2.20. The summed E-state index contributed by atoms with van der Waals surface area (Å²) in [6.07, 6.45) is 1.54. The molecule has 0 fully saturated rings. The van der Waals surface area contributed by atoms with Gasteiger partial charge in [0, 0.05) is 34.7 Å². The van der Waals surface area contributed by atoms with Crippen LogP contribution in [0.5, 0.6) is 0 Å². The minimum atomic E-state index is -0.966. The van der Waals surface area contributed by atoms with Gasteiger partial charge in [-0.2, -0.15) is 0 Å². The van der Waals surface area contributed by atoms with Crippen LogP contribution in [0.3, 0.4) is 0 Å². The number of carbonyl (C=O) groups is 6. The number of ketones is 4. The van der Waals surface area contributed by atoms with Gasteiger partial charge in [-0.25, -0.2) is 9.59 Å². The van der Waals surface area contributed by atoms with Crippen LogP contribution >= 0.6 is 0 Å². The second-order valence-electron chi connectivity index (χ2n) is 7.76. The van der Waals surface area contributed by atoms with Gasteiger partial charge in [0.2, 0.25) is 11.6 Å². The number of Topliss-reactive ketones (excluding diaryl/α,β-unsaturated/α-hetero) is 4. The highest BCUT2D eigenvalue weighted by Gasteiger charge is 2.22. The summed E-state index contributed by atoms with van der Waals surface area (Å²) in [7, 11) is 0. The van der Waals surface area contributed by atoms with Gasteiger partial charge in [0.05, 0.1) is 11.4 Å². The fourth-order valence-electron chi connectivity index (χ4n) is 3.76. The molecule has 2 heterocycles. The molecule has 2 aromatic rings. The number of nitrogens with one attached hydrogen (secondary N) is 2. The molecule has 0 aromatic carbocycles. The predicted molar refractivity (Wildman–Crippen MR) is 120 cm³/mol. The maximum Gasteiger partial charge on any atom is 0.331 e. The van der Waals surface area contributed by atoms with E-state index in [1.54, 1.807) is 27.7 Å². The molecular formula is C24H26N2O8. The first-order chi connectivity index (χ1) is 15.8. The zero-order valence-corrected chi connectivity index (χ0v) is 19.8. The minimum Gasteiger partial charge on any atom is -0.454 e. The van der Waals surface area contributed by atoms with E-state index in [-0.39, 0.29) is 23.0 Å². The van der Waals surface area contributed by atoms with Gasteiger partial charge in [-0.1, -0.05) is 0 Å². The average Bonchev–Trinajstić information content (AvgIpc) is 3.22. The summed E-state index contributed by atoms with van der Waals surface area (Å²) in [4.78, 5) is 77.2. The van der Waals surface area contributed by atoms with Gasteiger partial charge in [-0.05, 0) is 52.7 Å². The zero-order chi connectivity index (χ0) is 25.7. The SMILES string of the molecule is CC(=O)c1c(C)[nH]c(C(=O)COC(=O)/C=C/C(=O)OCC(=O)c2[nH]c(C)c(C(C)=O)c2C)c1C. The molecule has 0 aliphatic heterocycles. The van der Waals surface area contributed by atoms with Gasteiger partial charge in [0.15, 0.2) is 24.8 Å². The van der Waals surface area contributed by atoms with Crippen LogP contribution in [0.4, 0.5) is 0 Å². The van der Waals surface area contributed by atoms with E-state index in [0.717, 1.165) is 12.2 Å². The van der Waals surface area contributed by atoms with Gasteiger partial charge in [0.25, 0.3) is 0 Å².